The Labute approximate surface area is 86.0 Å². The molecule has 66 valence electrons. The molecule has 6 heteroatoms. The zero-order valence-corrected chi connectivity index (χ0v) is 8.51. The van der Waals surface area contributed by atoms with E-state index < -0.39 is 6.61 Å². The van der Waals surface area contributed by atoms with Crippen LogP contribution in [0.15, 0.2) is 12.3 Å². The van der Waals surface area contributed by atoms with E-state index in [4.69, 9.17) is 11.6 Å². The Bertz CT molecular complexity index is 284. The molecule has 0 aliphatic rings. The topological polar surface area (TPSA) is 22.1 Å². The molecule has 1 aromatic heterocycles. The van der Waals surface area contributed by atoms with Gasteiger partial charge in [-0.1, -0.05) is 11.6 Å². The minimum atomic E-state index is -2.85. The van der Waals surface area contributed by atoms with Crippen LogP contribution in [-0.2, 0) is 0 Å². The second-order valence-electron chi connectivity index (χ2n) is 1.82. The van der Waals surface area contributed by atoms with E-state index in [1.54, 1.807) is 22.6 Å². The standard InChI is InChI=1S/C6H3ClF2INO/c7-3-1-4(12-6(8)9)5(10)11-2-3/h1-2,6H. The average Bonchev–Trinajstić information content (AvgIpc) is 1.96. The highest BCUT2D eigenvalue weighted by Crippen LogP contribution is 2.23. The second-order valence-corrected chi connectivity index (χ2v) is 3.28. The summed E-state index contributed by atoms with van der Waals surface area (Å²) >= 11 is 7.29. The van der Waals surface area contributed by atoms with Gasteiger partial charge in [0.1, 0.15) is 3.70 Å². The van der Waals surface area contributed by atoms with E-state index >= 15 is 0 Å². The maximum absolute atomic E-state index is 11.7. The molecule has 1 rings (SSSR count). The first-order valence-electron chi connectivity index (χ1n) is 2.85. The van der Waals surface area contributed by atoms with E-state index in [-0.39, 0.29) is 10.8 Å². The lowest BCUT2D eigenvalue weighted by molar-refractivity contribution is -0.0506. The highest BCUT2D eigenvalue weighted by molar-refractivity contribution is 14.1. The monoisotopic (exact) mass is 305 g/mol. The minimum Gasteiger partial charge on any atom is -0.432 e. The Hall–Kier alpha value is -0.170. The summed E-state index contributed by atoms with van der Waals surface area (Å²) in [6, 6.07) is 1.29. The van der Waals surface area contributed by atoms with E-state index in [2.05, 4.69) is 9.72 Å². The van der Waals surface area contributed by atoms with Crippen LogP contribution in [0.4, 0.5) is 8.78 Å². The Morgan fingerprint density at radius 3 is 2.83 bits per heavy atom. The van der Waals surface area contributed by atoms with Gasteiger partial charge >= 0.3 is 6.61 Å². The van der Waals surface area contributed by atoms with Crippen molar-refractivity contribution in [2.24, 2.45) is 0 Å². The van der Waals surface area contributed by atoms with Crippen LogP contribution in [0.2, 0.25) is 5.02 Å². The number of alkyl halides is 2. The van der Waals surface area contributed by atoms with Gasteiger partial charge in [0.2, 0.25) is 0 Å². The Morgan fingerprint density at radius 1 is 1.58 bits per heavy atom. The Balaban J connectivity index is 2.90. The maximum atomic E-state index is 11.7. The summed E-state index contributed by atoms with van der Waals surface area (Å²) < 4.78 is 28.0. The van der Waals surface area contributed by atoms with Gasteiger partial charge in [-0.3, -0.25) is 0 Å². The van der Waals surface area contributed by atoms with Crippen molar-refractivity contribution in [3.05, 3.63) is 21.0 Å². The number of rotatable bonds is 2. The lowest BCUT2D eigenvalue weighted by Crippen LogP contribution is -2.03. The molecule has 0 aromatic carbocycles. The molecule has 2 nitrogen and oxygen atoms in total. The average molecular weight is 305 g/mol. The van der Waals surface area contributed by atoms with Gasteiger partial charge in [0.15, 0.2) is 5.75 Å². The van der Waals surface area contributed by atoms with E-state index in [1.807, 2.05) is 0 Å². The molecule has 1 aromatic rings. The van der Waals surface area contributed by atoms with Gasteiger partial charge in [-0.2, -0.15) is 8.78 Å². The normalized spacial score (nSPS) is 10.4. The molecular weight excluding hydrogens is 302 g/mol. The lowest BCUT2D eigenvalue weighted by Gasteiger charge is -2.05. The molecule has 0 spiro atoms. The van der Waals surface area contributed by atoms with Crippen molar-refractivity contribution in [1.29, 1.82) is 0 Å². The number of hydrogen-bond acceptors (Lipinski definition) is 2. The van der Waals surface area contributed by atoms with Crippen molar-refractivity contribution in [1.82, 2.24) is 4.98 Å². The molecule has 0 bridgehead atoms. The smallest absolute Gasteiger partial charge is 0.387 e. The van der Waals surface area contributed by atoms with Crippen molar-refractivity contribution in [3.8, 4) is 5.75 Å². The first-order valence-corrected chi connectivity index (χ1v) is 4.31. The lowest BCUT2D eigenvalue weighted by atomic mass is 10.5. The zero-order chi connectivity index (χ0) is 9.14. The van der Waals surface area contributed by atoms with Gasteiger partial charge in [-0.15, -0.1) is 0 Å². The predicted molar refractivity (Wildman–Crippen MR) is 48.6 cm³/mol. The van der Waals surface area contributed by atoms with Crippen LogP contribution in [0.1, 0.15) is 0 Å². The molecule has 0 amide bonds. The van der Waals surface area contributed by atoms with Crippen molar-refractivity contribution in [2.75, 3.05) is 0 Å². The third kappa shape index (κ3) is 2.71. The Morgan fingerprint density at radius 2 is 2.25 bits per heavy atom. The van der Waals surface area contributed by atoms with Crippen LogP contribution in [0.25, 0.3) is 0 Å². The first kappa shape index (κ1) is 9.91. The van der Waals surface area contributed by atoms with E-state index in [0.29, 0.717) is 3.70 Å². The largest absolute Gasteiger partial charge is 0.432 e. The molecule has 0 saturated carbocycles. The van der Waals surface area contributed by atoms with Crippen molar-refractivity contribution in [2.45, 2.75) is 6.61 Å². The molecule has 12 heavy (non-hydrogen) atoms. The molecule has 1 heterocycles. The minimum absolute atomic E-state index is 0.00176. The number of pyridine rings is 1. The Kier molecular flexibility index (Phi) is 3.45. The number of nitrogens with zero attached hydrogens (tertiary/aromatic N) is 1. The molecular formula is C6H3ClF2INO. The molecule has 0 aliphatic carbocycles. The van der Waals surface area contributed by atoms with Crippen LogP contribution in [0, 0.1) is 3.70 Å². The molecule has 0 N–H and O–H groups in total. The SMILES string of the molecule is FC(F)Oc1cc(Cl)cnc1I. The third-order valence-electron chi connectivity index (χ3n) is 0.990. The zero-order valence-electron chi connectivity index (χ0n) is 5.60. The number of hydrogen-bond donors (Lipinski definition) is 0. The molecule has 0 atom stereocenters. The molecule has 0 fully saturated rings. The van der Waals surface area contributed by atoms with Crippen LogP contribution in [0.3, 0.4) is 0 Å². The maximum Gasteiger partial charge on any atom is 0.387 e. The highest BCUT2D eigenvalue weighted by Gasteiger charge is 2.09. The molecule has 0 aliphatic heterocycles. The van der Waals surface area contributed by atoms with Gasteiger partial charge in [0.05, 0.1) is 5.02 Å². The number of ether oxygens (including phenoxy) is 1. The van der Waals surface area contributed by atoms with Gasteiger partial charge < -0.3 is 4.74 Å². The molecule has 0 saturated heterocycles. The van der Waals surface area contributed by atoms with E-state index in [1.165, 1.54) is 12.3 Å². The van der Waals surface area contributed by atoms with E-state index in [0.717, 1.165) is 0 Å². The summed E-state index contributed by atoms with van der Waals surface area (Å²) in [5.74, 6) is -0.00176. The molecule has 0 unspecified atom stereocenters. The van der Waals surface area contributed by atoms with Crippen LogP contribution >= 0.6 is 34.2 Å². The molecule has 0 radical (unpaired) electrons. The van der Waals surface area contributed by atoms with Crippen LogP contribution < -0.4 is 4.74 Å². The number of aromatic nitrogens is 1. The second kappa shape index (κ2) is 4.18. The fraction of sp³-hybridized carbons (Fsp3) is 0.167. The summed E-state index contributed by atoms with van der Waals surface area (Å²) in [4.78, 5) is 3.73. The van der Waals surface area contributed by atoms with Crippen molar-refractivity contribution >= 4 is 34.2 Å². The highest BCUT2D eigenvalue weighted by atomic mass is 127. The van der Waals surface area contributed by atoms with Crippen molar-refractivity contribution < 1.29 is 13.5 Å². The first-order chi connectivity index (χ1) is 5.59. The van der Waals surface area contributed by atoms with Crippen LogP contribution in [0.5, 0.6) is 5.75 Å². The van der Waals surface area contributed by atoms with Gasteiger partial charge in [0.25, 0.3) is 0 Å². The summed E-state index contributed by atoms with van der Waals surface area (Å²) in [5, 5.41) is 0.270. The summed E-state index contributed by atoms with van der Waals surface area (Å²) in [6.07, 6.45) is 1.36. The fourth-order valence-corrected chi connectivity index (χ4v) is 1.15. The van der Waals surface area contributed by atoms with Gasteiger partial charge in [-0.05, 0) is 22.6 Å². The summed E-state index contributed by atoms with van der Waals surface area (Å²) in [7, 11) is 0. The summed E-state index contributed by atoms with van der Waals surface area (Å²) in [5.41, 5.74) is 0. The quantitative estimate of drug-likeness (QED) is 0.619. The van der Waals surface area contributed by atoms with E-state index in [9.17, 15) is 8.78 Å². The predicted octanol–water partition coefficient (Wildman–Crippen LogP) is 2.94. The fourth-order valence-electron chi connectivity index (χ4n) is 0.583. The third-order valence-corrected chi connectivity index (χ3v) is 2.01. The van der Waals surface area contributed by atoms with Crippen LogP contribution in [-0.4, -0.2) is 11.6 Å². The van der Waals surface area contributed by atoms with Gasteiger partial charge in [0, 0.05) is 12.3 Å². The van der Waals surface area contributed by atoms with Gasteiger partial charge in [-0.25, -0.2) is 4.98 Å². The van der Waals surface area contributed by atoms with Crippen molar-refractivity contribution in [3.63, 3.8) is 0 Å². The number of halogens is 4. The summed E-state index contributed by atoms with van der Waals surface area (Å²) in [6.45, 7) is -2.85.